The molecule has 0 spiro atoms. The number of benzene rings is 1. The molecule has 1 atom stereocenters. The Hall–Kier alpha value is -1.26. The molecule has 0 amide bonds. The maximum Gasteiger partial charge on any atom is 0.122 e. The van der Waals surface area contributed by atoms with Crippen LogP contribution in [-0.4, -0.2) is 37.5 Å². The van der Waals surface area contributed by atoms with E-state index in [0.717, 1.165) is 17.9 Å². The Labute approximate surface area is 108 Å². The molecule has 0 saturated heterocycles. The van der Waals surface area contributed by atoms with Gasteiger partial charge in [0.2, 0.25) is 0 Å². The maximum absolute atomic E-state index is 9.24. The van der Waals surface area contributed by atoms with Gasteiger partial charge in [0, 0.05) is 18.2 Å². The van der Waals surface area contributed by atoms with Gasteiger partial charge in [0.1, 0.15) is 11.5 Å². The first-order chi connectivity index (χ1) is 8.81. The zero-order chi connectivity index (χ0) is 12.8. The van der Waals surface area contributed by atoms with Gasteiger partial charge in [-0.1, -0.05) is 6.07 Å². The Bertz CT molecular complexity index is 366. The highest BCUT2D eigenvalue weighted by molar-refractivity contribution is 5.32. The van der Waals surface area contributed by atoms with E-state index < -0.39 is 0 Å². The molecule has 1 aliphatic rings. The van der Waals surface area contributed by atoms with Crippen LogP contribution in [0, 0.1) is 0 Å². The molecule has 1 unspecified atom stereocenters. The van der Waals surface area contributed by atoms with Crippen molar-refractivity contribution in [1.82, 2.24) is 5.32 Å². The standard InChI is InChI=1S/C14H21NO3/c1-17-13-3-2-4-14(9-13)18-8-7-12(10-16)15-11-5-6-11/h2-4,9,11-12,15-16H,5-8,10H2,1H3. The molecule has 0 radical (unpaired) electrons. The van der Waals surface area contributed by atoms with Crippen LogP contribution in [0.4, 0.5) is 0 Å². The molecule has 0 aliphatic heterocycles. The van der Waals surface area contributed by atoms with Crippen LogP contribution < -0.4 is 14.8 Å². The van der Waals surface area contributed by atoms with Crippen molar-refractivity contribution >= 4 is 0 Å². The van der Waals surface area contributed by atoms with Crippen molar-refractivity contribution in [2.45, 2.75) is 31.3 Å². The second-order valence-corrected chi connectivity index (χ2v) is 4.64. The Morgan fingerprint density at radius 2 is 2.17 bits per heavy atom. The smallest absolute Gasteiger partial charge is 0.122 e. The molecule has 1 aromatic rings. The zero-order valence-corrected chi connectivity index (χ0v) is 10.8. The van der Waals surface area contributed by atoms with Crippen molar-refractivity contribution in [3.05, 3.63) is 24.3 Å². The van der Waals surface area contributed by atoms with E-state index in [1.165, 1.54) is 12.8 Å². The summed E-state index contributed by atoms with van der Waals surface area (Å²) in [6.45, 7) is 0.760. The zero-order valence-electron chi connectivity index (χ0n) is 10.8. The molecule has 0 bridgehead atoms. The lowest BCUT2D eigenvalue weighted by Gasteiger charge is -2.16. The third-order valence-electron chi connectivity index (χ3n) is 3.05. The molecule has 100 valence electrons. The van der Waals surface area contributed by atoms with Crippen LogP contribution >= 0.6 is 0 Å². The van der Waals surface area contributed by atoms with E-state index in [-0.39, 0.29) is 12.6 Å². The average Bonchev–Trinajstić information content (AvgIpc) is 3.22. The first-order valence-corrected chi connectivity index (χ1v) is 6.45. The molecule has 0 heterocycles. The normalized spacial score (nSPS) is 16.3. The van der Waals surface area contributed by atoms with E-state index in [0.29, 0.717) is 12.6 Å². The number of ether oxygens (including phenoxy) is 2. The minimum atomic E-state index is 0.142. The average molecular weight is 251 g/mol. The van der Waals surface area contributed by atoms with Gasteiger partial charge in [-0.2, -0.15) is 0 Å². The molecule has 0 aromatic heterocycles. The van der Waals surface area contributed by atoms with Crippen molar-refractivity contribution in [2.75, 3.05) is 20.3 Å². The van der Waals surface area contributed by atoms with E-state index >= 15 is 0 Å². The second kappa shape index (κ2) is 6.61. The first-order valence-electron chi connectivity index (χ1n) is 6.45. The number of hydrogen-bond donors (Lipinski definition) is 2. The lowest BCUT2D eigenvalue weighted by atomic mass is 10.2. The molecule has 1 fully saturated rings. The van der Waals surface area contributed by atoms with E-state index in [1.807, 2.05) is 24.3 Å². The summed E-state index contributed by atoms with van der Waals surface area (Å²) in [5.74, 6) is 1.60. The summed E-state index contributed by atoms with van der Waals surface area (Å²) >= 11 is 0. The fraction of sp³-hybridized carbons (Fsp3) is 0.571. The van der Waals surface area contributed by atoms with Gasteiger partial charge in [0.25, 0.3) is 0 Å². The number of aliphatic hydroxyl groups is 1. The van der Waals surface area contributed by atoms with E-state index in [2.05, 4.69) is 5.32 Å². The lowest BCUT2D eigenvalue weighted by Crippen LogP contribution is -2.35. The van der Waals surface area contributed by atoms with Crippen LogP contribution in [-0.2, 0) is 0 Å². The largest absolute Gasteiger partial charge is 0.497 e. The van der Waals surface area contributed by atoms with Gasteiger partial charge in [0.15, 0.2) is 0 Å². The minimum Gasteiger partial charge on any atom is -0.497 e. The highest BCUT2D eigenvalue weighted by Gasteiger charge is 2.23. The van der Waals surface area contributed by atoms with Gasteiger partial charge in [-0.25, -0.2) is 0 Å². The molecule has 2 rings (SSSR count). The number of methoxy groups -OCH3 is 1. The van der Waals surface area contributed by atoms with Crippen molar-refractivity contribution in [3.63, 3.8) is 0 Å². The summed E-state index contributed by atoms with van der Waals surface area (Å²) in [7, 11) is 1.64. The van der Waals surface area contributed by atoms with E-state index in [9.17, 15) is 5.11 Å². The maximum atomic E-state index is 9.24. The second-order valence-electron chi connectivity index (χ2n) is 4.64. The van der Waals surface area contributed by atoms with Gasteiger partial charge < -0.3 is 19.9 Å². The van der Waals surface area contributed by atoms with E-state index in [4.69, 9.17) is 9.47 Å². The molecule has 4 heteroatoms. The molecule has 1 aromatic carbocycles. The molecule has 1 saturated carbocycles. The van der Waals surface area contributed by atoms with Gasteiger partial charge in [-0.3, -0.25) is 0 Å². The Morgan fingerprint density at radius 3 is 2.83 bits per heavy atom. The van der Waals surface area contributed by atoms with Crippen LogP contribution in [0.3, 0.4) is 0 Å². The predicted molar refractivity (Wildman–Crippen MR) is 70.1 cm³/mol. The van der Waals surface area contributed by atoms with Crippen molar-refractivity contribution < 1.29 is 14.6 Å². The summed E-state index contributed by atoms with van der Waals surface area (Å²) in [5, 5.41) is 12.6. The summed E-state index contributed by atoms with van der Waals surface area (Å²) in [5.41, 5.74) is 0. The molecule has 2 N–H and O–H groups in total. The third-order valence-corrected chi connectivity index (χ3v) is 3.05. The monoisotopic (exact) mass is 251 g/mol. The summed E-state index contributed by atoms with van der Waals surface area (Å²) in [4.78, 5) is 0. The molecule has 18 heavy (non-hydrogen) atoms. The van der Waals surface area contributed by atoms with Crippen LogP contribution in [0.2, 0.25) is 0 Å². The fourth-order valence-electron chi connectivity index (χ4n) is 1.82. The molecule has 1 aliphatic carbocycles. The quantitative estimate of drug-likeness (QED) is 0.736. The SMILES string of the molecule is COc1cccc(OCCC(CO)NC2CC2)c1. The minimum absolute atomic E-state index is 0.142. The van der Waals surface area contributed by atoms with Crippen molar-refractivity contribution in [3.8, 4) is 11.5 Å². The predicted octanol–water partition coefficient (Wildman–Crippen LogP) is 1.58. The Balaban J connectivity index is 1.72. The Morgan fingerprint density at radius 1 is 1.39 bits per heavy atom. The third kappa shape index (κ3) is 4.20. The van der Waals surface area contributed by atoms with Crippen LogP contribution in [0.25, 0.3) is 0 Å². The highest BCUT2D eigenvalue weighted by Crippen LogP contribution is 2.21. The Kier molecular flexibility index (Phi) is 4.84. The van der Waals surface area contributed by atoms with Crippen molar-refractivity contribution in [1.29, 1.82) is 0 Å². The topological polar surface area (TPSA) is 50.7 Å². The van der Waals surface area contributed by atoms with Gasteiger partial charge in [-0.05, 0) is 31.4 Å². The van der Waals surface area contributed by atoms with Crippen LogP contribution in [0.5, 0.6) is 11.5 Å². The summed E-state index contributed by atoms with van der Waals surface area (Å²) in [6.07, 6.45) is 3.27. The van der Waals surface area contributed by atoms with Gasteiger partial charge in [0.05, 0.1) is 20.3 Å². The number of nitrogens with one attached hydrogen (secondary N) is 1. The fourth-order valence-corrected chi connectivity index (χ4v) is 1.82. The molecule has 4 nitrogen and oxygen atoms in total. The van der Waals surface area contributed by atoms with Gasteiger partial charge >= 0.3 is 0 Å². The van der Waals surface area contributed by atoms with E-state index in [1.54, 1.807) is 7.11 Å². The number of hydrogen-bond acceptors (Lipinski definition) is 4. The number of aliphatic hydroxyl groups excluding tert-OH is 1. The summed E-state index contributed by atoms with van der Waals surface area (Å²) < 4.78 is 10.8. The van der Waals surface area contributed by atoms with Crippen molar-refractivity contribution in [2.24, 2.45) is 0 Å². The summed E-state index contributed by atoms with van der Waals surface area (Å²) in [6, 6.07) is 8.31. The van der Waals surface area contributed by atoms with Crippen LogP contribution in [0.15, 0.2) is 24.3 Å². The molecular formula is C14H21NO3. The van der Waals surface area contributed by atoms with Crippen LogP contribution in [0.1, 0.15) is 19.3 Å². The number of rotatable bonds is 8. The lowest BCUT2D eigenvalue weighted by molar-refractivity contribution is 0.207. The van der Waals surface area contributed by atoms with Gasteiger partial charge in [-0.15, -0.1) is 0 Å². The highest BCUT2D eigenvalue weighted by atomic mass is 16.5. The first kappa shape index (κ1) is 13.2. The molecular weight excluding hydrogens is 230 g/mol.